The number of rotatable bonds is 8. The number of ether oxygens (including phenoxy) is 2. The Hall–Kier alpha value is -1.26. The number of fused-ring (bicyclic) bond motifs is 1. The molecule has 0 aliphatic carbocycles. The van der Waals surface area contributed by atoms with Gasteiger partial charge in [-0.1, -0.05) is 19.1 Å². The summed E-state index contributed by atoms with van der Waals surface area (Å²) in [5, 5.41) is 6.81. The van der Waals surface area contributed by atoms with Gasteiger partial charge in [0.2, 0.25) is 0 Å². The number of nitrogens with one attached hydrogen (secondary N) is 2. The van der Waals surface area contributed by atoms with Crippen LogP contribution in [0.25, 0.3) is 0 Å². The van der Waals surface area contributed by atoms with Crippen molar-refractivity contribution in [2.24, 2.45) is 0 Å². The van der Waals surface area contributed by atoms with E-state index in [9.17, 15) is 0 Å². The maximum Gasteiger partial charge on any atom is 0.161 e. The minimum absolute atomic E-state index is 0.110. The molecule has 1 aliphatic rings. The fourth-order valence-corrected chi connectivity index (χ4v) is 2.07. The van der Waals surface area contributed by atoms with Crippen LogP contribution in [-0.2, 0) is 0 Å². The maximum absolute atomic E-state index is 5.87. The number of hydrogen-bond acceptors (Lipinski definition) is 4. The first-order chi connectivity index (χ1) is 9.40. The number of benzene rings is 1. The van der Waals surface area contributed by atoms with Crippen molar-refractivity contribution in [2.45, 2.75) is 25.9 Å². The van der Waals surface area contributed by atoms with E-state index in [1.54, 1.807) is 0 Å². The van der Waals surface area contributed by atoms with Crippen molar-refractivity contribution in [3.63, 3.8) is 0 Å². The van der Waals surface area contributed by atoms with Crippen molar-refractivity contribution < 1.29 is 9.47 Å². The topological polar surface area (TPSA) is 42.5 Å². The Labute approximate surface area is 115 Å². The maximum atomic E-state index is 5.87. The molecule has 0 radical (unpaired) electrons. The predicted molar refractivity (Wildman–Crippen MR) is 77.0 cm³/mol. The van der Waals surface area contributed by atoms with Gasteiger partial charge in [0, 0.05) is 6.54 Å². The summed E-state index contributed by atoms with van der Waals surface area (Å²) < 4.78 is 11.5. The van der Waals surface area contributed by atoms with Crippen molar-refractivity contribution in [1.29, 1.82) is 0 Å². The zero-order chi connectivity index (χ0) is 13.3. The first kappa shape index (κ1) is 14.2. The van der Waals surface area contributed by atoms with Crippen LogP contribution >= 0.6 is 0 Å². The second-order valence-corrected chi connectivity index (χ2v) is 4.81. The lowest BCUT2D eigenvalue weighted by atomic mass is 10.2. The molecule has 0 spiro atoms. The van der Waals surface area contributed by atoms with Gasteiger partial charge in [0.1, 0.15) is 12.7 Å². The van der Waals surface area contributed by atoms with E-state index in [0.29, 0.717) is 6.61 Å². The van der Waals surface area contributed by atoms with Crippen LogP contribution in [0, 0.1) is 0 Å². The molecule has 4 nitrogen and oxygen atoms in total. The molecule has 106 valence electrons. The summed E-state index contributed by atoms with van der Waals surface area (Å²) in [6.07, 6.45) is 2.45. The average molecular weight is 264 g/mol. The molecule has 0 fully saturated rings. The highest BCUT2D eigenvalue weighted by Crippen LogP contribution is 2.30. The highest BCUT2D eigenvalue weighted by atomic mass is 16.6. The van der Waals surface area contributed by atoms with Gasteiger partial charge in [-0.25, -0.2) is 0 Å². The molecule has 2 N–H and O–H groups in total. The Morgan fingerprint density at radius 2 is 1.89 bits per heavy atom. The summed E-state index contributed by atoms with van der Waals surface area (Å²) in [6.45, 7) is 6.84. The van der Waals surface area contributed by atoms with Gasteiger partial charge in [0.25, 0.3) is 0 Å². The Bertz CT molecular complexity index is 371. The highest BCUT2D eigenvalue weighted by molar-refractivity contribution is 5.40. The van der Waals surface area contributed by atoms with Gasteiger partial charge in [-0.15, -0.1) is 0 Å². The molecule has 1 unspecified atom stereocenters. The average Bonchev–Trinajstić information content (AvgIpc) is 2.46. The molecule has 0 bridgehead atoms. The van der Waals surface area contributed by atoms with E-state index >= 15 is 0 Å². The third kappa shape index (κ3) is 4.73. The minimum Gasteiger partial charge on any atom is -0.486 e. The minimum atomic E-state index is 0.110. The standard InChI is InChI=1S/C15H24N2O2/c1-2-8-16-9-5-10-17-11-13-12-18-14-6-3-4-7-15(14)19-13/h3-4,6-7,13,16-17H,2,5,8-12H2,1H3. The Kier molecular flexibility index (Phi) is 5.98. The van der Waals surface area contributed by atoms with Crippen LogP contribution in [0.15, 0.2) is 24.3 Å². The molecule has 1 aromatic carbocycles. The van der Waals surface area contributed by atoms with Crippen molar-refractivity contribution in [1.82, 2.24) is 10.6 Å². The first-order valence-corrected chi connectivity index (χ1v) is 7.20. The summed E-state index contributed by atoms with van der Waals surface area (Å²) in [7, 11) is 0. The fraction of sp³-hybridized carbons (Fsp3) is 0.600. The van der Waals surface area contributed by atoms with Crippen LogP contribution in [0.4, 0.5) is 0 Å². The summed E-state index contributed by atoms with van der Waals surface area (Å²) in [5.41, 5.74) is 0. The van der Waals surface area contributed by atoms with E-state index in [2.05, 4.69) is 17.6 Å². The molecular weight excluding hydrogens is 240 g/mol. The first-order valence-electron chi connectivity index (χ1n) is 7.20. The van der Waals surface area contributed by atoms with E-state index in [1.165, 1.54) is 6.42 Å². The van der Waals surface area contributed by atoms with Crippen LogP contribution in [0.5, 0.6) is 11.5 Å². The molecule has 0 saturated heterocycles. The Morgan fingerprint density at radius 3 is 2.74 bits per heavy atom. The largest absolute Gasteiger partial charge is 0.486 e. The van der Waals surface area contributed by atoms with Gasteiger partial charge >= 0.3 is 0 Å². The van der Waals surface area contributed by atoms with Crippen molar-refractivity contribution in [3.8, 4) is 11.5 Å². The summed E-state index contributed by atoms with van der Waals surface area (Å²) in [6, 6.07) is 7.83. The molecular formula is C15H24N2O2. The normalized spacial score (nSPS) is 17.4. The van der Waals surface area contributed by atoms with Crippen molar-refractivity contribution in [3.05, 3.63) is 24.3 Å². The number of para-hydroxylation sites is 2. The zero-order valence-corrected chi connectivity index (χ0v) is 11.7. The van der Waals surface area contributed by atoms with Crippen molar-refractivity contribution in [2.75, 3.05) is 32.8 Å². The summed E-state index contributed by atoms with van der Waals surface area (Å²) >= 11 is 0. The lowest BCUT2D eigenvalue weighted by Crippen LogP contribution is -2.39. The van der Waals surface area contributed by atoms with E-state index in [0.717, 1.165) is 44.1 Å². The second-order valence-electron chi connectivity index (χ2n) is 4.81. The molecule has 0 amide bonds. The molecule has 19 heavy (non-hydrogen) atoms. The quantitative estimate of drug-likeness (QED) is 0.703. The van der Waals surface area contributed by atoms with Gasteiger partial charge in [-0.05, 0) is 44.6 Å². The zero-order valence-electron chi connectivity index (χ0n) is 11.7. The SMILES string of the molecule is CCCNCCCNCC1COc2ccccc2O1. The molecule has 1 aromatic rings. The van der Waals surface area contributed by atoms with Crippen LogP contribution in [0.2, 0.25) is 0 Å². The van der Waals surface area contributed by atoms with E-state index in [1.807, 2.05) is 24.3 Å². The highest BCUT2D eigenvalue weighted by Gasteiger charge is 2.19. The van der Waals surface area contributed by atoms with Gasteiger partial charge in [-0.2, -0.15) is 0 Å². The van der Waals surface area contributed by atoms with Crippen LogP contribution in [-0.4, -0.2) is 38.9 Å². The van der Waals surface area contributed by atoms with Gasteiger partial charge in [0.05, 0.1) is 0 Å². The molecule has 0 aromatic heterocycles. The monoisotopic (exact) mass is 264 g/mol. The van der Waals surface area contributed by atoms with E-state index in [4.69, 9.17) is 9.47 Å². The molecule has 1 atom stereocenters. The molecule has 4 heteroatoms. The fourth-order valence-electron chi connectivity index (χ4n) is 2.07. The second kappa shape index (κ2) is 8.02. The molecule has 1 aliphatic heterocycles. The number of hydrogen-bond donors (Lipinski definition) is 2. The summed E-state index contributed by atoms with van der Waals surface area (Å²) in [4.78, 5) is 0. The third-order valence-electron chi connectivity index (χ3n) is 3.07. The lowest BCUT2D eigenvalue weighted by Gasteiger charge is -2.26. The third-order valence-corrected chi connectivity index (χ3v) is 3.07. The molecule has 2 rings (SSSR count). The lowest BCUT2D eigenvalue weighted by molar-refractivity contribution is 0.0905. The van der Waals surface area contributed by atoms with Crippen LogP contribution in [0.1, 0.15) is 19.8 Å². The Morgan fingerprint density at radius 1 is 1.11 bits per heavy atom. The summed E-state index contributed by atoms with van der Waals surface area (Å²) in [5.74, 6) is 1.70. The van der Waals surface area contributed by atoms with Gasteiger partial charge in [0.15, 0.2) is 11.5 Å². The van der Waals surface area contributed by atoms with Gasteiger partial charge in [-0.3, -0.25) is 0 Å². The van der Waals surface area contributed by atoms with E-state index in [-0.39, 0.29) is 6.10 Å². The smallest absolute Gasteiger partial charge is 0.161 e. The Balaban J connectivity index is 1.58. The van der Waals surface area contributed by atoms with Crippen LogP contribution < -0.4 is 20.1 Å². The molecule has 0 saturated carbocycles. The molecule has 1 heterocycles. The van der Waals surface area contributed by atoms with Crippen LogP contribution in [0.3, 0.4) is 0 Å². The van der Waals surface area contributed by atoms with E-state index < -0.39 is 0 Å². The van der Waals surface area contributed by atoms with Crippen molar-refractivity contribution >= 4 is 0 Å². The van der Waals surface area contributed by atoms with Gasteiger partial charge < -0.3 is 20.1 Å². The predicted octanol–water partition coefficient (Wildman–Crippen LogP) is 1.81.